The number of rotatable bonds is 1. The number of benzene rings is 2. The van der Waals surface area contributed by atoms with Crippen LogP contribution in [0.5, 0.6) is 0 Å². The maximum atomic E-state index is 9.12. The van der Waals surface area contributed by atoms with E-state index < -0.39 is 0 Å². The minimum absolute atomic E-state index is 0.0739. The van der Waals surface area contributed by atoms with Crippen LogP contribution < -0.4 is 0 Å². The van der Waals surface area contributed by atoms with Crippen molar-refractivity contribution in [1.82, 2.24) is 0 Å². The van der Waals surface area contributed by atoms with Crippen LogP contribution in [0.25, 0.3) is 10.8 Å². The van der Waals surface area contributed by atoms with Crippen LogP contribution in [0.3, 0.4) is 0 Å². The van der Waals surface area contributed by atoms with Crippen LogP contribution >= 0.6 is 15.9 Å². The Hall–Kier alpha value is -0.860. The predicted octanol–water partition coefficient (Wildman–Crippen LogP) is 3.40. The average Bonchev–Trinajstić information content (AvgIpc) is 2.19. The first-order valence-corrected chi connectivity index (χ1v) is 5.30. The van der Waals surface area contributed by atoms with Crippen LogP contribution in [0.4, 0.5) is 0 Å². The van der Waals surface area contributed by atoms with E-state index in [2.05, 4.69) is 41.1 Å². The molecule has 1 N–H and O–H groups in total. The average molecular weight is 251 g/mol. The van der Waals surface area contributed by atoms with Crippen LogP contribution in [0, 0.1) is 6.92 Å². The maximum absolute atomic E-state index is 9.12. The molecule has 0 amide bonds. The Bertz CT molecular complexity index is 477. The lowest BCUT2D eigenvalue weighted by molar-refractivity contribution is 0.281. The van der Waals surface area contributed by atoms with Gasteiger partial charge in [-0.05, 0) is 41.0 Å². The van der Waals surface area contributed by atoms with Gasteiger partial charge < -0.3 is 5.11 Å². The van der Waals surface area contributed by atoms with E-state index in [0.717, 1.165) is 10.0 Å². The maximum Gasteiger partial charge on any atom is 0.0693 e. The Morgan fingerprint density at radius 1 is 1.29 bits per heavy atom. The van der Waals surface area contributed by atoms with Gasteiger partial charge in [-0.2, -0.15) is 0 Å². The van der Waals surface area contributed by atoms with Crippen LogP contribution in [-0.4, -0.2) is 5.11 Å². The van der Waals surface area contributed by atoms with E-state index in [0.29, 0.717) is 0 Å². The molecule has 0 atom stereocenters. The predicted molar refractivity (Wildman–Crippen MR) is 62.3 cm³/mol. The molecule has 0 fully saturated rings. The molecule has 1 nitrogen and oxygen atoms in total. The van der Waals surface area contributed by atoms with Crippen molar-refractivity contribution in [2.75, 3.05) is 0 Å². The van der Waals surface area contributed by atoms with Crippen molar-refractivity contribution in [3.63, 3.8) is 0 Å². The highest BCUT2D eigenvalue weighted by Crippen LogP contribution is 2.26. The van der Waals surface area contributed by atoms with E-state index >= 15 is 0 Å². The second-order valence-corrected chi connectivity index (χ2v) is 4.25. The van der Waals surface area contributed by atoms with Crippen LogP contribution in [-0.2, 0) is 6.61 Å². The summed E-state index contributed by atoms with van der Waals surface area (Å²) in [4.78, 5) is 0. The van der Waals surface area contributed by atoms with Crippen molar-refractivity contribution in [2.24, 2.45) is 0 Å². The summed E-state index contributed by atoms with van der Waals surface area (Å²) in [5.74, 6) is 0. The van der Waals surface area contributed by atoms with Gasteiger partial charge in [0.15, 0.2) is 0 Å². The van der Waals surface area contributed by atoms with Gasteiger partial charge in [0.2, 0.25) is 0 Å². The number of hydrogen-bond donors (Lipinski definition) is 1. The van der Waals surface area contributed by atoms with Crippen molar-refractivity contribution >= 4 is 26.7 Å². The van der Waals surface area contributed by atoms with Gasteiger partial charge in [0, 0.05) is 4.47 Å². The van der Waals surface area contributed by atoms with E-state index in [1.807, 2.05) is 12.1 Å². The SMILES string of the molecule is Cc1cccc2cc(CO)c(Br)cc12. The number of aliphatic hydroxyl groups excluding tert-OH is 1. The number of aliphatic hydroxyl groups is 1. The first kappa shape index (κ1) is 9.69. The van der Waals surface area contributed by atoms with Gasteiger partial charge in [-0.3, -0.25) is 0 Å². The molecule has 0 saturated carbocycles. The molecule has 0 aliphatic rings. The third-order valence-corrected chi connectivity index (χ3v) is 3.17. The molecular formula is C12H11BrO. The van der Waals surface area contributed by atoms with Crippen molar-refractivity contribution in [1.29, 1.82) is 0 Å². The Kier molecular flexibility index (Phi) is 2.57. The normalized spacial score (nSPS) is 10.8. The highest BCUT2D eigenvalue weighted by atomic mass is 79.9. The summed E-state index contributed by atoms with van der Waals surface area (Å²) in [5, 5.41) is 11.5. The lowest BCUT2D eigenvalue weighted by atomic mass is 10.0. The quantitative estimate of drug-likeness (QED) is 0.823. The highest BCUT2D eigenvalue weighted by molar-refractivity contribution is 9.10. The molecule has 2 aromatic rings. The monoisotopic (exact) mass is 250 g/mol. The molecule has 0 spiro atoms. The molecule has 0 unspecified atom stereocenters. The molecule has 0 aliphatic carbocycles. The topological polar surface area (TPSA) is 20.2 Å². The van der Waals surface area contributed by atoms with Crippen LogP contribution in [0.1, 0.15) is 11.1 Å². The Labute approximate surface area is 91.5 Å². The van der Waals surface area contributed by atoms with Crippen molar-refractivity contribution < 1.29 is 5.11 Å². The molecule has 0 heterocycles. The van der Waals surface area contributed by atoms with E-state index in [9.17, 15) is 0 Å². The first-order chi connectivity index (χ1) is 6.72. The fraction of sp³-hybridized carbons (Fsp3) is 0.167. The van der Waals surface area contributed by atoms with Gasteiger partial charge in [0.25, 0.3) is 0 Å². The molecule has 0 bridgehead atoms. The number of fused-ring (bicyclic) bond motifs is 1. The third-order valence-electron chi connectivity index (χ3n) is 2.44. The van der Waals surface area contributed by atoms with Crippen LogP contribution in [0.2, 0.25) is 0 Å². The third kappa shape index (κ3) is 1.56. The van der Waals surface area contributed by atoms with Crippen molar-refractivity contribution in [3.8, 4) is 0 Å². The van der Waals surface area contributed by atoms with Gasteiger partial charge >= 0.3 is 0 Å². The van der Waals surface area contributed by atoms with Crippen LogP contribution in [0.15, 0.2) is 34.8 Å². The molecule has 2 aromatic carbocycles. The summed E-state index contributed by atoms with van der Waals surface area (Å²) in [5.41, 5.74) is 2.19. The smallest absolute Gasteiger partial charge is 0.0693 e. The fourth-order valence-electron chi connectivity index (χ4n) is 1.62. The van der Waals surface area contributed by atoms with Crippen molar-refractivity contribution in [2.45, 2.75) is 13.5 Å². The molecule has 14 heavy (non-hydrogen) atoms. The van der Waals surface area contributed by atoms with Gasteiger partial charge in [-0.15, -0.1) is 0 Å². The second kappa shape index (κ2) is 3.71. The highest BCUT2D eigenvalue weighted by Gasteiger charge is 2.02. The van der Waals surface area contributed by atoms with E-state index in [-0.39, 0.29) is 6.61 Å². The zero-order valence-electron chi connectivity index (χ0n) is 7.92. The summed E-state index contributed by atoms with van der Waals surface area (Å²) in [6.45, 7) is 2.16. The van der Waals surface area contributed by atoms with Gasteiger partial charge in [-0.25, -0.2) is 0 Å². The largest absolute Gasteiger partial charge is 0.392 e. The van der Waals surface area contributed by atoms with Gasteiger partial charge in [0.1, 0.15) is 0 Å². The minimum Gasteiger partial charge on any atom is -0.392 e. The molecule has 0 aromatic heterocycles. The standard InChI is InChI=1S/C12H11BrO/c1-8-3-2-4-9-5-10(7-14)12(13)6-11(8)9/h2-6,14H,7H2,1H3. The number of hydrogen-bond acceptors (Lipinski definition) is 1. The summed E-state index contributed by atoms with van der Waals surface area (Å²) in [7, 11) is 0. The fourth-order valence-corrected chi connectivity index (χ4v) is 2.09. The minimum atomic E-state index is 0.0739. The number of halogens is 1. The zero-order chi connectivity index (χ0) is 10.1. The summed E-state index contributed by atoms with van der Waals surface area (Å²) >= 11 is 3.45. The lowest BCUT2D eigenvalue weighted by Gasteiger charge is -2.06. The molecule has 2 heteroatoms. The van der Waals surface area contributed by atoms with Gasteiger partial charge in [0.05, 0.1) is 6.61 Å². The van der Waals surface area contributed by atoms with E-state index in [1.165, 1.54) is 16.3 Å². The zero-order valence-corrected chi connectivity index (χ0v) is 9.51. The number of aryl methyl sites for hydroxylation is 1. The molecule has 2 rings (SSSR count). The summed E-state index contributed by atoms with van der Waals surface area (Å²) in [6, 6.07) is 10.3. The van der Waals surface area contributed by atoms with Gasteiger partial charge in [-0.1, -0.05) is 34.1 Å². The van der Waals surface area contributed by atoms with Crippen molar-refractivity contribution in [3.05, 3.63) is 45.9 Å². The van der Waals surface area contributed by atoms with E-state index in [1.54, 1.807) is 0 Å². The molecule has 72 valence electrons. The Morgan fingerprint density at radius 3 is 2.79 bits per heavy atom. The summed E-state index contributed by atoms with van der Waals surface area (Å²) in [6.07, 6.45) is 0. The molecule has 0 saturated heterocycles. The molecule has 0 aliphatic heterocycles. The lowest BCUT2D eigenvalue weighted by Crippen LogP contribution is -1.87. The molecular weight excluding hydrogens is 240 g/mol. The first-order valence-electron chi connectivity index (χ1n) is 4.51. The Morgan fingerprint density at radius 2 is 2.07 bits per heavy atom. The second-order valence-electron chi connectivity index (χ2n) is 3.40. The van der Waals surface area contributed by atoms with E-state index in [4.69, 9.17) is 5.11 Å². The molecule has 0 radical (unpaired) electrons. The summed E-state index contributed by atoms with van der Waals surface area (Å²) < 4.78 is 0.974. The Balaban J connectivity index is 2.79.